The Hall–Kier alpha value is -1.85. The van der Waals surface area contributed by atoms with Crippen molar-refractivity contribution in [2.75, 3.05) is 6.54 Å². The lowest BCUT2D eigenvalue weighted by molar-refractivity contribution is 0.224. The Morgan fingerprint density at radius 3 is 2.67 bits per heavy atom. The van der Waals surface area contributed by atoms with Crippen LogP contribution in [0.3, 0.4) is 0 Å². The molecule has 0 unspecified atom stereocenters. The molecule has 3 heterocycles. The zero-order valence-electron chi connectivity index (χ0n) is 14.7. The molecule has 6 heteroatoms. The molecule has 0 aliphatic rings. The average Bonchev–Trinajstić information content (AvgIpc) is 3.03. The first-order valence-corrected chi connectivity index (χ1v) is 8.63. The molecule has 0 atom stereocenters. The second-order valence-electron chi connectivity index (χ2n) is 6.81. The maximum atomic E-state index is 6.18. The van der Waals surface area contributed by atoms with E-state index in [-0.39, 0.29) is 0 Å². The summed E-state index contributed by atoms with van der Waals surface area (Å²) in [6.07, 6.45) is 5.96. The summed E-state index contributed by atoms with van der Waals surface area (Å²) in [4.78, 5) is 7.10. The van der Waals surface area contributed by atoms with E-state index < -0.39 is 0 Å². The fourth-order valence-electron chi connectivity index (χ4n) is 3.10. The second kappa shape index (κ2) is 6.95. The number of nitrogens with zero attached hydrogens (tertiary/aromatic N) is 5. The largest absolute Gasteiger partial charge is 0.301 e. The van der Waals surface area contributed by atoms with E-state index in [2.05, 4.69) is 46.4 Å². The first-order valence-electron chi connectivity index (χ1n) is 8.25. The summed E-state index contributed by atoms with van der Waals surface area (Å²) in [5, 5.41) is 5.01. The molecule has 0 amide bonds. The number of imidazole rings is 1. The van der Waals surface area contributed by atoms with Crippen molar-refractivity contribution < 1.29 is 0 Å². The summed E-state index contributed by atoms with van der Waals surface area (Å²) >= 11 is 6.18. The molecule has 5 nitrogen and oxygen atoms in total. The SMILES string of the molecule is Cc1nc2ccc(Cl)cn2c1CN(Cc1cnn(C)c1)CC(C)C. The van der Waals surface area contributed by atoms with Crippen molar-refractivity contribution in [3.05, 3.63) is 52.7 Å². The van der Waals surface area contributed by atoms with E-state index in [9.17, 15) is 0 Å². The van der Waals surface area contributed by atoms with Crippen LogP contribution in [0.25, 0.3) is 5.65 Å². The highest BCUT2D eigenvalue weighted by Crippen LogP contribution is 2.19. The Balaban J connectivity index is 1.89. The molecule has 0 fully saturated rings. The summed E-state index contributed by atoms with van der Waals surface area (Å²) in [7, 11) is 1.95. The van der Waals surface area contributed by atoms with E-state index in [1.165, 1.54) is 11.3 Å². The van der Waals surface area contributed by atoms with E-state index in [4.69, 9.17) is 11.6 Å². The Labute approximate surface area is 147 Å². The monoisotopic (exact) mass is 345 g/mol. The van der Waals surface area contributed by atoms with Gasteiger partial charge in [-0.2, -0.15) is 5.10 Å². The predicted molar refractivity (Wildman–Crippen MR) is 97.1 cm³/mol. The molecule has 3 aromatic heterocycles. The molecule has 128 valence electrons. The second-order valence-corrected chi connectivity index (χ2v) is 7.24. The van der Waals surface area contributed by atoms with Gasteiger partial charge < -0.3 is 4.40 Å². The van der Waals surface area contributed by atoms with Crippen LogP contribution in [0, 0.1) is 12.8 Å². The lowest BCUT2D eigenvalue weighted by atomic mass is 10.2. The Kier molecular flexibility index (Phi) is 4.92. The topological polar surface area (TPSA) is 38.4 Å². The lowest BCUT2D eigenvalue weighted by Gasteiger charge is -2.24. The third-order valence-electron chi connectivity index (χ3n) is 4.04. The Bertz CT molecular complexity index is 833. The Morgan fingerprint density at radius 2 is 2.00 bits per heavy atom. The third kappa shape index (κ3) is 3.79. The summed E-state index contributed by atoms with van der Waals surface area (Å²) < 4.78 is 3.95. The molecule has 3 rings (SSSR count). The van der Waals surface area contributed by atoms with Crippen molar-refractivity contribution >= 4 is 17.2 Å². The molecule has 0 bridgehead atoms. The van der Waals surface area contributed by atoms with Gasteiger partial charge in [-0.1, -0.05) is 25.4 Å². The average molecular weight is 346 g/mol. The summed E-state index contributed by atoms with van der Waals surface area (Å²) in [5.41, 5.74) is 4.41. The molecule has 0 spiro atoms. The highest BCUT2D eigenvalue weighted by atomic mass is 35.5. The number of halogens is 1. The quantitative estimate of drug-likeness (QED) is 0.684. The van der Waals surface area contributed by atoms with Crippen LogP contribution < -0.4 is 0 Å². The number of aryl methyl sites for hydroxylation is 2. The van der Waals surface area contributed by atoms with Gasteiger partial charge in [-0.3, -0.25) is 9.58 Å². The maximum absolute atomic E-state index is 6.18. The predicted octanol–water partition coefficient (Wildman–Crippen LogP) is 3.69. The number of hydrogen-bond donors (Lipinski definition) is 0. The van der Waals surface area contributed by atoms with Gasteiger partial charge in [-0.15, -0.1) is 0 Å². The van der Waals surface area contributed by atoms with Crippen LogP contribution in [0.2, 0.25) is 5.02 Å². The first kappa shape index (κ1) is 17.0. The van der Waals surface area contributed by atoms with Crippen LogP contribution in [0.5, 0.6) is 0 Å². The van der Waals surface area contributed by atoms with Gasteiger partial charge in [-0.25, -0.2) is 4.98 Å². The van der Waals surface area contributed by atoms with E-state index in [1.807, 2.05) is 36.3 Å². The van der Waals surface area contributed by atoms with Gasteiger partial charge in [0.15, 0.2) is 0 Å². The highest BCUT2D eigenvalue weighted by Gasteiger charge is 2.16. The molecular weight excluding hydrogens is 322 g/mol. The van der Waals surface area contributed by atoms with Gasteiger partial charge in [0, 0.05) is 44.6 Å². The molecular formula is C18H24ClN5. The number of rotatable bonds is 6. The minimum absolute atomic E-state index is 0.588. The van der Waals surface area contributed by atoms with Crippen LogP contribution in [0.4, 0.5) is 0 Å². The van der Waals surface area contributed by atoms with Gasteiger partial charge in [0.2, 0.25) is 0 Å². The molecule has 24 heavy (non-hydrogen) atoms. The van der Waals surface area contributed by atoms with Crippen LogP contribution in [0.1, 0.15) is 30.8 Å². The van der Waals surface area contributed by atoms with Crippen LogP contribution in [-0.2, 0) is 20.1 Å². The standard InChI is InChI=1S/C18H24ClN5/c1-13(2)8-23(10-15-7-20-22(4)9-15)12-17-14(3)21-18-6-5-16(19)11-24(17)18/h5-7,9,11,13H,8,10,12H2,1-4H3. The van der Waals surface area contributed by atoms with Crippen LogP contribution in [0.15, 0.2) is 30.7 Å². The number of hydrogen-bond acceptors (Lipinski definition) is 3. The van der Waals surface area contributed by atoms with Gasteiger partial charge in [0.25, 0.3) is 0 Å². The molecule has 0 radical (unpaired) electrons. The first-order chi connectivity index (χ1) is 11.4. The minimum atomic E-state index is 0.588. The van der Waals surface area contributed by atoms with E-state index >= 15 is 0 Å². The van der Waals surface area contributed by atoms with Gasteiger partial charge in [0.05, 0.1) is 22.6 Å². The smallest absolute Gasteiger partial charge is 0.137 e. The van der Waals surface area contributed by atoms with E-state index in [0.717, 1.165) is 36.0 Å². The maximum Gasteiger partial charge on any atom is 0.137 e. The molecule has 3 aromatic rings. The van der Waals surface area contributed by atoms with Crippen molar-refractivity contribution in [3.63, 3.8) is 0 Å². The van der Waals surface area contributed by atoms with Crippen molar-refractivity contribution in [1.29, 1.82) is 0 Å². The van der Waals surface area contributed by atoms with Crippen LogP contribution >= 0.6 is 11.6 Å². The number of aromatic nitrogens is 4. The lowest BCUT2D eigenvalue weighted by Crippen LogP contribution is -2.27. The number of fused-ring (bicyclic) bond motifs is 1. The van der Waals surface area contributed by atoms with E-state index in [0.29, 0.717) is 5.92 Å². The fourth-order valence-corrected chi connectivity index (χ4v) is 3.26. The summed E-state index contributed by atoms with van der Waals surface area (Å²) in [6, 6.07) is 3.85. The van der Waals surface area contributed by atoms with Crippen LogP contribution in [-0.4, -0.2) is 30.6 Å². The fraction of sp³-hybridized carbons (Fsp3) is 0.444. The van der Waals surface area contributed by atoms with Crippen molar-refractivity contribution in [2.45, 2.75) is 33.9 Å². The molecule has 0 saturated heterocycles. The van der Waals surface area contributed by atoms with Gasteiger partial charge in [-0.05, 0) is 25.0 Å². The molecule has 0 aliphatic heterocycles. The minimum Gasteiger partial charge on any atom is -0.301 e. The number of pyridine rings is 1. The summed E-state index contributed by atoms with van der Waals surface area (Å²) in [6.45, 7) is 9.28. The summed E-state index contributed by atoms with van der Waals surface area (Å²) in [5.74, 6) is 0.588. The molecule has 0 aromatic carbocycles. The van der Waals surface area contributed by atoms with Crippen molar-refractivity contribution in [1.82, 2.24) is 24.1 Å². The molecule has 0 aliphatic carbocycles. The van der Waals surface area contributed by atoms with Crippen molar-refractivity contribution in [2.24, 2.45) is 13.0 Å². The zero-order valence-corrected chi connectivity index (χ0v) is 15.5. The Morgan fingerprint density at radius 1 is 1.21 bits per heavy atom. The normalized spacial score (nSPS) is 12.0. The van der Waals surface area contributed by atoms with E-state index in [1.54, 1.807) is 0 Å². The van der Waals surface area contributed by atoms with Crippen molar-refractivity contribution in [3.8, 4) is 0 Å². The third-order valence-corrected chi connectivity index (χ3v) is 4.27. The highest BCUT2D eigenvalue weighted by molar-refractivity contribution is 6.30. The zero-order chi connectivity index (χ0) is 17.3. The molecule has 0 N–H and O–H groups in total. The van der Waals surface area contributed by atoms with Gasteiger partial charge >= 0.3 is 0 Å². The molecule has 0 saturated carbocycles. The van der Waals surface area contributed by atoms with Gasteiger partial charge in [0.1, 0.15) is 5.65 Å².